The number of carbonyl (C=O) groups excluding carboxylic acids is 2. The number of hydrogen-bond donors (Lipinski definition) is 1. The van der Waals surface area contributed by atoms with Gasteiger partial charge < -0.3 is 24.2 Å². The van der Waals surface area contributed by atoms with Crippen molar-refractivity contribution in [3.63, 3.8) is 0 Å². The molecule has 2 fully saturated rings. The molecule has 8 nitrogen and oxygen atoms in total. The quantitative estimate of drug-likeness (QED) is 0.295. The van der Waals surface area contributed by atoms with Crippen LogP contribution < -0.4 is 9.47 Å². The molecule has 1 unspecified atom stereocenters. The Hall–Kier alpha value is -3.36. The van der Waals surface area contributed by atoms with Gasteiger partial charge in [-0.15, -0.1) is 0 Å². The maximum Gasteiger partial charge on any atom is 0.295 e. The van der Waals surface area contributed by atoms with Crippen LogP contribution in [0.15, 0.2) is 54.1 Å². The molecular formula is C29H36N2O6. The number of Topliss-reactive ketones (excluding diaryl/α,β-unsaturated/α-hetero) is 1. The predicted octanol–water partition coefficient (Wildman–Crippen LogP) is 4.02. The van der Waals surface area contributed by atoms with E-state index in [1.165, 1.54) is 0 Å². The predicted molar refractivity (Wildman–Crippen MR) is 141 cm³/mol. The molecule has 0 bridgehead atoms. The molecule has 37 heavy (non-hydrogen) atoms. The largest absolute Gasteiger partial charge is 0.507 e. The van der Waals surface area contributed by atoms with Crippen LogP contribution in [0.2, 0.25) is 0 Å². The molecule has 198 valence electrons. The van der Waals surface area contributed by atoms with Gasteiger partial charge in [0.2, 0.25) is 0 Å². The van der Waals surface area contributed by atoms with Crippen LogP contribution in [0.4, 0.5) is 0 Å². The second-order valence-electron chi connectivity index (χ2n) is 9.55. The van der Waals surface area contributed by atoms with E-state index >= 15 is 0 Å². The van der Waals surface area contributed by atoms with Gasteiger partial charge in [0.15, 0.2) is 0 Å². The Balaban J connectivity index is 1.68. The van der Waals surface area contributed by atoms with E-state index in [4.69, 9.17) is 14.2 Å². The SMILES string of the molecule is CCCOc1ccc(C2/C(=C(/O)c3ccc(OC(C)C)cc3)C(=O)C(=O)N2CCN2CCOCC2)cc1. The van der Waals surface area contributed by atoms with Gasteiger partial charge in [-0.05, 0) is 62.2 Å². The molecule has 0 aromatic heterocycles. The number of hydrogen-bond acceptors (Lipinski definition) is 7. The molecule has 2 heterocycles. The van der Waals surface area contributed by atoms with Gasteiger partial charge in [0.1, 0.15) is 17.3 Å². The van der Waals surface area contributed by atoms with Crippen molar-refractivity contribution in [1.82, 2.24) is 9.80 Å². The van der Waals surface area contributed by atoms with E-state index in [1.807, 2.05) is 45.0 Å². The zero-order valence-electron chi connectivity index (χ0n) is 21.8. The molecule has 0 spiro atoms. The molecule has 0 radical (unpaired) electrons. The van der Waals surface area contributed by atoms with E-state index in [9.17, 15) is 14.7 Å². The number of morpholine rings is 1. The topological polar surface area (TPSA) is 88.5 Å². The summed E-state index contributed by atoms with van der Waals surface area (Å²) in [6.07, 6.45) is 0.908. The summed E-state index contributed by atoms with van der Waals surface area (Å²) < 4.78 is 16.8. The fraction of sp³-hybridized carbons (Fsp3) is 0.448. The Labute approximate surface area is 218 Å². The van der Waals surface area contributed by atoms with Crippen LogP contribution in [0.1, 0.15) is 44.4 Å². The summed E-state index contributed by atoms with van der Waals surface area (Å²) in [5.41, 5.74) is 1.29. The summed E-state index contributed by atoms with van der Waals surface area (Å²) in [7, 11) is 0. The van der Waals surface area contributed by atoms with Crippen molar-refractivity contribution in [3.8, 4) is 11.5 Å². The summed E-state index contributed by atoms with van der Waals surface area (Å²) in [5.74, 6) is -0.0999. The van der Waals surface area contributed by atoms with Crippen LogP contribution in [0.3, 0.4) is 0 Å². The molecule has 8 heteroatoms. The summed E-state index contributed by atoms with van der Waals surface area (Å²) in [5, 5.41) is 11.3. The summed E-state index contributed by atoms with van der Waals surface area (Å²) >= 11 is 0. The van der Waals surface area contributed by atoms with Crippen molar-refractivity contribution in [2.45, 2.75) is 39.3 Å². The van der Waals surface area contributed by atoms with Gasteiger partial charge >= 0.3 is 0 Å². The highest BCUT2D eigenvalue weighted by molar-refractivity contribution is 6.46. The standard InChI is InChI=1S/C29H36N2O6/c1-4-17-36-23-9-5-21(6-10-23)26-25(27(32)22-7-11-24(12-8-22)37-20(2)3)28(33)29(34)31(26)14-13-30-15-18-35-19-16-30/h5-12,20,26,32H,4,13-19H2,1-3H3/b27-25-. The molecule has 0 aliphatic carbocycles. The lowest BCUT2D eigenvalue weighted by atomic mass is 9.95. The highest BCUT2D eigenvalue weighted by atomic mass is 16.5. The Kier molecular flexibility index (Phi) is 8.84. The molecule has 0 saturated carbocycles. The van der Waals surface area contributed by atoms with Crippen LogP contribution in [-0.4, -0.2) is 78.7 Å². The zero-order valence-corrected chi connectivity index (χ0v) is 21.8. The third-order valence-electron chi connectivity index (χ3n) is 6.47. The van der Waals surface area contributed by atoms with Crippen LogP contribution in [0.25, 0.3) is 5.76 Å². The van der Waals surface area contributed by atoms with Gasteiger partial charge in [-0.3, -0.25) is 14.5 Å². The van der Waals surface area contributed by atoms with Crippen molar-refractivity contribution in [1.29, 1.82) is 0 Å². The summed E-state index contributed by atoms with van der Waals surface area (Å²) in [6.45, 7) is 10.4. The highest BCUT2D eigenvalue weighted by Gasteiger charge is 2.46. The Morgan fingerprint density at radius 2 is 1.65 bits per heavy atom. The molecule has 1 atom stereocenters. The van der Waals surface area contributed by atoms with E-state index in [1.54, 1.807) is 29.2 Å². The average Bonchev–Trinajstić information content (AvgIpc) is 3.16. The lowest BCUT2D eigenvalue weighted by Crippen LogP contribution is -2.42. The number of ether oxygens (including phenoxy) is 3. The lowest BCUT2D eigenvalue weighted by Gasteiger charge is -2.31. The smallest absolute Gasteiger partial charge is 0.295 e. The molecule has 1 N–H and O–H groups in total. The van der Waals surface area contributed by atoms with Gasteiger partial charge in [0, 0.05) is 31.7 Å². The number of nitrogens with zero attached hydrogens (tertiary/aromatic N) is 2. The average molecular weight is 509 g/mol. The van der Waals surface area contributed by atoms with E-state index < -0.39 is 17.7 Å². The van der Waals surface area contributed by atoms with E-state index in [-0.39, 0.29) is 17.4 Å². The fourth-order valence-electron chi connectivity index (χ4n) is 4.62. The highest BCUT2D eigenvalue weighted by Crippen LogP contribution is 2.40. The molecule has 2 aromatic rings. The Morgan fingerprint density at radius 1 is 1.00 bits per heavy atom. The molecule has 2 saturated heterocycles. The van der Waals surface area contributed by atoms with Crippen molar-refractivity contribution in [3.05, 3.63) is 65.2 Å². The van der Waals surface area contributed by atoms with E-state index in [2.05, 4.69) is 4.90 Å². The van der Waals surface area contributed by atoms with E-state index in [0.29, 0.717) is 44.2 Å². The number of amides is 1. The molecule has 1 amide bonds. The van der Waals surface area contributed by atoms with Crippen LogP contribution >= 0.6 is 0 Å². The van der Waals surface area contributed by atoms with Gasteiger partial charge in [-0.1, -0.05) is 19.1 Å². The molecule has 2 aliphatic rings. The number of rotatable bonds is 10. The number of ketones is 1. The first kappa shape index (κ1) is 26.7. The Morgan fingerprint density at radius 3 is 2.27 bits per heavy atom. The van der Waals surface area contributed by atoms with Gasteiger partial charge in [0.25, 0.3) is 11.7 Å². The zero-order chi connectivity index (χ0) is 26.4. The van der Waals surface area contributed by atoms with Crippen molar-refractivity contribution >= 4 is 17.4 Å². The minimum Gasteiger partial charge on any atom is -0.507 e. The first-order chi connectivity index (χ1) is 17.9. The van der Waals surface area contributed by atoms with Crippen LogP contribution in [-0.2, 0) is 14.3 Å². The van der Waals surface area contributed by atoms with E-state index in [0.717, 1.165) is 30.8 Å². The first-order valence-electron chi connectivity index (χ1n) is 13.0. The maximum absolute atomic E-state index is 13.3. The molecule has 2 aromatic carbocycles. The maximum atomic E-state index is 13.3. The normalized spacial score (nSPS) is 20.0. The minimum atomic E-state index is -0.701. The van der Waals surface area contributed by atoms with Crippen molar-refractivity contribution in [2.24, 2.45) is 0 Å². The molecular weight excluding hydrogens is 472 g/mol. The Bertz CT molecular complexity index is 1100. The van der Waals surface area contributed by atoms with Gasteiger partial charge in [-0.2, -0.15) is 0 Å². The van der Waals surface area contributed by atoms with Gasteiger partial charge in [-0.25, -0.2) is 0 Å². The second kappa shape index (κ2) is 12.3. The number of aliphatic hydroxyl groups is 1. The molecule has 4 rings (SSSR count). The third-order valence-corrected chi connectivity index (χ3v) is 6.47. The van der Waals surface area contributed by atoms with Crippen molar-refractivity contribution in [2.75, 3.05) is 46.0 Å². The summed E-state index contributed by atoms with van der Waals surface area (Å²) in [6, 6.07) is 13.6. The van der Waals surface area contributed by atoms with Crippen LogP contribution in [0, 0.1) is 0 Å². The van der Waals surface area contributed by atoms with Crippen LogP contribution in [0.5, 0.6) is 11.5 Å². The number of benzene rings is 2. The lowest BCUT2D eigenvalue weighted by molar-refractivity contribution is -0.140. The third kappa shape index (κ3) is 6.32. The fourth-order valence-corrected chi connectivity index (χ4v) is 4.62. The number of carbonyl (C=O) groups is 2. The molecule has 2 aliphatic heterocycles. The number of likely N-dealkylation sites (tertiary alicyclic amines) is 1. The van der Waals surface area contributed by atoms with Crippen molar-refractivity contribution < 1.29 is 28.9 Å². The monoisotopic (exact) mass is 508 g/mol. The van der Waals surface area contributed by atoms with Gasteiger partial charge in [0.05, 0.1) is 37.5 Å². The first-order valence-corrected chi connectivity index (χ1v) is 13.0. The second-order valence-corrected chi connectivity index (χ2v) is 9.55. The summed E-state index contributed by atoms with van der Waals surface area (Å²) in [4.78, 5) is 30.3. The number of aliphatic hydroxyl groups excluding tert-OH is 1. The minimum absolute atomic E-state index is 0.0144.